The van der Waals surface area contributed by atoms with Crippen LogP contribution in [0.3, 0.4) is 0 Å². The van der Waals surface area contributed by atoms with Gasteiger partial charge in [-0.25, -0.2) is 0 Å². The van der Waals surface area contributed by atoms with Crippen LogP contribution in [0.15, 0.2) is 28.6 Å². The topological polar surface area (TPSA) is 54.9 Å². The lowest BCUT2D eigenvalue weighted by molar-refractivity contribution is -0.116. The number of unbranched alkanes of at least 4 members (excludes halogenated alkanes) is 2. The number of hydrogen-bond acceptors (Lipinski definition) is 5. The second-order valence-electron chi connectivity index (χ2n) is 6.06. The molecule has 0 radical (unpaired) electrons. The van der Waals surface area contributed by atoms with E-state index >= 15 is 0 Å². The molecular weight excluding hydrogens is 338 g/mol. The van der Waals surface area contributed by atoms with Crippen molar-refractivity contribution in [3.05, 3.63) is 35.4 Å². The van der Waals surface area contributed by atoms with Crippen molar-refractivity contribution >= 4 is 34.1 Å². The van der Waals surface area contributed by atoms with Crippen LogP contribution in [-0.2, 0) is 10.5 Å². The zero-order chi connectivity index (χ0) is 17.4. The molecular formula is C18H25N3OS2. The lowest BCUT2D eigenvalue weighted by atomic mass is 10.0. The predicted octanol–water partition coefficient (Wildman–Crippen LogP) is 5.47. The van der Waals surface area contributed by atoms with Gasteiger partial charge in [-0.05, 0) is 23.5 Å². The molecule has 0 bridgehead atoms. The van der Waals surface area contributed by atoms with E-state index in [9.17, 15) is 4.79 Å². The van der Waals surface area contributed by atoms with E-state index < -0.39 is 0 Å². The smallest absolute Gasteiger partial charge is 0.226 e. The van der Waals surface area contributed by atoms with Crippen LogP contribution in [0, 0.1) is 0 Å². The molecule has 1 aromatic heterocycles. The van der Waals surface area contributed by atoms with Gasteiger partial charge >= 0.3 is 0 Å². The summed E-state index contributed by atoms with van der Waals surface area (Å²) in [6.45, 7) is 6.52. The molecule has 1 N–H and O–H groups in total. The third-order valence-electron chi connectivity index (χ3n) is 3.67. The lowest BCUT2D eigenvalue weighted by Gasteiger charge is -2.06. The first-order chi connectivity index (χ1) is 11.6. The van der Waals surface area contributed by atoms with Crippen LogP contribution in [-0.4, -0.2) is 16.1 Å². The number of anilines is 1. The molecule has 130 valence electrons. The van der Waals surface area contributed by atoms with E-state index in [1.54, 1.807) is 11.8 Å². The number of hydrogen-bond donors (Lipinski definition) is 1. The second kappa shape index (κ2) is 9.79. The number of nitrogens with one attached hydrogen (secondary N) is 1. The molecule has 0 saturated heterocycles. The Hall–Kier alpha value is -1.40. The molecule has 6 heteroatoms. The van der Waals surface area contributed by atoms with E-state index in [2.05, 4.69) is 60.6 Å². The van der Waals surface area contributed by atoms with Gasteiger partial charge in [0, 0.05) is 12.2 Å². The number of carbonyl (C=O) groups is 1. The molecule has 0 aliphatic heterocycles. The minimum Gasteiger partial charge on any atom is -0.301 e. The molecule has 0 aliphatic carbocycles. The van der Waals surface area contributed by atoms with Gasteiger partial charge in [-0.1, -0.05) is 81.0 Å². The molecule has 0 saturated carbocycles. The molecule has 0 unspecified atom stereocenters. The molecule has 0 fully saturated rings. The Labute approximate surface area is 152 Å². The Morgan fingerprint density at radius 1 is 1.21 bits per heavy atom. The number of benzene rings is 1. The van der Waals surface area contributed by atoms with E-state index in [0.717, 1.165) is 29.4 Å². The quantitative estimate of drug-likeness (QED) is 0.364. The van der Waals surface area contributed by atoms with Crippen LogP contribution in [0.5, 0.6) is 0 Å². The fourth-order valence-corrected chi connectivity index (χ4v) is 3.90. The summed E-state index contributed by atoms with van der Waals surface area (Å²) in [5, 5.41) is 11.6. The minimum absolute atomic E-state index is 0.0282. The van der Waals surface area contributed by atoms with Gasteiger partial charge in [-0.2, -0.15) is 0 Å². The normalized spacial score (nSPS) is 11.0. The van der Waals surface area contributed by atoms with Gasteiger partial charge in [0.2, 0.25) is 11.0 Å². The van der Waals surface area contributed by atoms with E-state index in [1.165, 1.54) is 22.5 Å². The highest BCUT2D eigenvalue weighted by molar-refractivity contribution is 8.00. The number of thioether (sulfide) groups is 1. The lowest BCUT2D eigenvalue weighted by Crippen LogP contribution is -2.10. The Morgan fingerprint density at radius 2 is 1.96 bits per heavy atom. The average Bonchev–Trinajstić information content (AvgIpc) is 3.01. The van der Waals surface area contributed by atoms with Crippen LogP contribution in [0.2, 0.25) is 0 Å². The summed E-state index contributed by atoms with van der Waals surface area (Å²) in [7, 11) is 0. The summed E-state index contributed by atoms with van der Waals surface area (Å²) in [5.41, 5.74) is 2.62. The summed E-state index contributed by atoms with van der Waals surface area (Å²) in [6.07, 6.45) is 3.68. The van der Waals surface area contributed by atoms with Gasteiger partial charge in [0.1, 0.15) is 0 Å². The van der Waals surface area contributed by atoms with Gasteiger partial charge in [0.15, 0.2) is 4.34 Å². The number of aromatic nitrogens is 2. The monoisotopic (exact) mass is 363 g/mol. The predicted molar refractivity (Wildman–Crippen MR) is 103 cm³/mol. The molecule has 4 nitrogen and oxygen atoms in total. The highest BCUT2D eigenvalue weighted by atomic mass is 32.2. The van der Waals surface area contributed by atoms with Gasteiger partial charge in [0.05, 0.1) is 0 Å². The second-order valence-corrected chi connectivity index (χ2v) is 8.26. The van der Waals surface area contributed by atoms with Crippen molar-refractivity contribution in [2.45, 2.75) is 62.5 Å². The summed E-state index contributed by atoms with van der Waals surface area (Å²) in [5.74, 6) is 1.44. The fourth-order valence-electron chi connectivity index (χ4n) is 2.18. The third kappa shape index (κ3) is 6.24. The van der Waals surface area contributed by atoms with Crippen molar-refractivity contribution in [1.29, 1.82) is 0 Å². The van der Waals surface area contributed by atoms with E-state index in [0.29, 0.717) is 17.5 Å². The van der Waals surface area contributed by atoms with Crippen molar-refractivity contribution in [3.63, 3.8) is 0 Å². The molecule has 2 aromatic rings. The maximum absolute atomic E-state index is 11.8. The highest BCUT2D eigenvalue weighted by Gasteiger charge is 2.09. The summed E-state index contributed by atoms with van der Waals surface area (Å²) in [4.78, 5) is 11.8. The Kier molecular flexibility index (Phi) is 7.72. The van der Waals surface area contributed by atoms with Crippen LogP contribution in [0.4, 0.5) is 5.13 Å². The van der Waals surface area contributed by atoms with Crippen molar-refractivity contribution in [3.8, 4) is 0 Å². The molecule has 2 rings (SSSR count). The van der Waals surface area contributed by atoms with Crippen molar-refractivity contribution < 1.29 is 4.79 Å². The molecule has 0 aliphatic rings. The zero-order valence-corrected chi connectivity index (χ0v) is 16.2. The van der Waals surface area contributed by atoms with Crippen LogP contribution in [0.1, 0.15) is 63.5 Å². The molecule has 1 aromatic carbocycles. The number of nitrogens with zero attached hydrogens (tertiary/aromatic N) is 2. The average molecular weight is 364 g/mol. The largest absolute Gasteiger partial charge is 0.301 e. The Bertz CT molecular complexity index is 638. The fraction of sp³-hybridized carbons (Fsp3) is 0.500. The maximum atomic E-state index is 11.8. The Morgan fingerprint density at radius 3 is 2.62 bits per heavy atom. The number of carbonyl (C=O) groups excluding carboxylic acids is 1. The van der Waals surface area contributed by atoms with Crippen LogP contribution >= 0.6 is 23.1 Å². The van der Waals surface area contributed by atoms with Gasteiger partial charge in [-0.3, -0.25) is 4.79 Å². The van der Waals surface area contributed by atoms with Crippen molar-refractivity contribution in [1.82, 2.24) is 10.2 Å². The number of amides is 1. The van der Waals surface area contributed by atoms with Crippen LogP contribution < -0.4 is 5.32 Å². The van der Waals surface area contributed by atoms with E-state index in [1.807, 2.05) is 0 Å². The van der Waals surface area contributed by atoms with Gasteiger partial charge < -0.3 is 5.32 Å². The Balaban J connectivity index is 1.79. The van der Waals surface area contributed by atoms with E-state index in [4.69, 9.17) is 0 Å². The van der Waals surface area contributed by atoms with Crippen LogP contribution in [0.25, 0.3) is 0 Å². The molecule has 0 spiro atoms. The molecule has 0 atom stereocenters. The summed E-state index contributed by atoms with van der Waals surface area (Å²) >= 11 is 3.09. The highest BCUT2D eigenvalue weighted by Crippen LogP contribution is 2.28. The van der Waals surface area contributed by atoms with Gasteiger partial charge in [-0.15, -0.1) is 10.2 Å². The molecule has 1 amide bonds. The zero-order valence-electron chi connectivity index (χ0n) is 14.5. The third-order valence-corrected chi connectivity index (χ3v) is 5.71. The first-order valence-corrected chi connectivity index (χ1v) is 10.2. The summed E-state index contributed by atoms with van der Waals surface area (Å²) < 4.78 is 0.881. The standard InChI is InChI=1S/C18H25N3OS2/c1-4-5-6-7-16(22)19-17-20-21-18(24-17)23-12-14-8-10-15(11-9-14)13(2)3/h8-11,13H,4-7,12H2,1-3H3,(H,19,20,22). The number of rotatable bonds is 9. The first-order valence-electron chi connectivity index (χ1n) is 8.43. The van der Waals surface area contributed by atoms with Crippen molar-refractivity contribution in [2.75, 3.05) is 5.32 Å². The molecule has 24 heavy (non-hydrogen) atoms. The van der Waals surface area contributed by atoms with E-state index in [-0.39, 0.29) is 5.91 Å². The maximum Gasteiger partial charge on any atom is 0.226 e. The first kappa shape index (κ1) is 18.9. The minimum atomic E-state index is 0.0282. The van der Waals surface area contributed by atoms with Crippen molar-refractivity contribution in [2.24, 2.45) is 0 Å². The summed E-state index contributed by atoms with van der Waals surface area (Å²) in [6, 6.07) is 8.70. The molecule has 1 heterocycles. The van der Waals surface area contributed by atoms with Gasteiger partial charge in [0.25, 0.3) is 0 Å². The SMILES string of the molecule is CCCCCC(=O)Nc1nnc(SCc2ccc(C(C)C)cc2)s1.